The second-order valence-corrected chi connectivity index (χ2v) is 9.11. The number of piperazine rings is 1. The molecule has 1 N–H and O–H groups in total. The van der Waals surface area contributed by atoms with Gasteiger partial charge in [-0.2, -0.15) is 0 Å². The van der Waals surface area contributed by atoms with Crippen LogP contribution in [0.4, 0.5) is 0 Å². The van der Waals surface area contributed by atoms with Gasteiger partial charge in [-0.3, -0.25) is 19.7 Å². The molecule has 0 atom stereocenters. The Morgan fingerprint density at radius 1 is 0.968 bits per heavy atom. The predicted octanol–water partition coefficient (Wildman–Crippen LogP) is 3.55. The summed E-state index contributed by atoms with van der Waals surface area (Å²) < 4.78 is 5.47. The molecular weight excluding hydrogens is 386 g/mol. The fourth-order valence-electron chi connectivity index (χ4n) is 4.71. The molecule has 0 bridgehead atoms. The number of hydrogen-bond acceptors (Lipinski definition) is 5. The minimum atomic E-state index is 0.647. The maximum Gasteiger partial charge on any atom is 0.0995 e. The van der Waals surface area contributed by atoms with E-state index in [-0.39, 0.29) is 0 Å². The summed E-state index contributed by atoms with van der Waals surface area (Å²) in [4.78, 5) is 15.7. The van der Waals surface area contributed by atoms with Crippen molar-refractivity contribution in [1.82, 2.24) is 24.7 Å². The summed E-state index contributed by atoms with van der Waals surface area (Å²) >= 11 is 0. The van der Waals surface area contributed by atoms with Gasteiger partial charge in [0.2, 0.25) is 0 Å². The van der Waals surface area contributed by atoms with Gasteiger partial charge < -0.3 is 9.72 Å². The summed E-state index contributed by atoms with van der Waals surface area (Å²) in [6.45, 7) is 13.7. The van der Waals surface area contributed by atoms with E-state index in [0.717, 1.165) is 50.5 Å². The number of ether oxygens (including phenoxy) is 1. The lowest BCUT2D eigenvalue weighted by Gasteiger charge is -2.36. The third-order valence-electron chi connectivity index (χ3n) is 6.59. The van der Waals surface area contributed by atoms with Gasteiger partial charge in [-0.15, -0.1) is 0 Å². The van der Waals surface area contributed by atoms with Crippen LogP contribution in [0.3, 0.4) is 0 Å². The van der Waals surface area contributed by atoms with Gasteiger partial charge in [0.25, 0.3) is 0 Å². The second-order valence-electron chi connectivity index (χ2n) is 9.11. The first-order valence-corrected chi connectivity index (χ1v) is 11.5. The van der Waals surface area contributed by atoms with E-state index >= 15 is 0 Å². The molecule has 4 heterocycles. The zero-order valence-corrected chi connectivity index (χ0v) is 18.7. The van der Waals surface area contributed by atoms with Crippen molar-refractivity contribution in [3.8, 4) is 11.3 Å². The molecule has 0 saturated carbocycles. The summed E-state index contributed by atoms with van der Waals surface area (Å²) in [7, 11) is 0. The van der Waals surface area contributed by atoms with Crippen LogP contribution in [0.1, 0.15) is 25.1 Å². The number of nitrogens with zero attached hydrogens (tertiary/aromatic N) is 4. The van der Waals surface area contributed by atoms with E-state index in [9.17, 15) is 0 Å². The third-order valence-corrected chi connectivity index (χ3v) is 6.59. The molecule has 2 aliphatic rings. The largest absolute Gasteiger partial charge is 0.365 e. The molecule has 5 rings (SSSR count). The number of pyridine rings is 1. The zero-order valence-electron chi connectivity index (χ0n) is 18.7. The summed E-state index contributed by atoms with van der Waals surface area (Å²) in [5.74, 6) is 0. The van der Waals surface area contributed by atoms with Crippen molar-refractivity contribution in [3.05, 3.63) is 53.9 Å². The summed E-state index contributed by atoms with van der Waals surface area (Å²) in [5.41, 5.74) is 5.96. The number of H-pyrrole nitrogens is 1. The SMILES string of the molecule is CC(C)N1CCN(Cc2ccc(-c3nccc4[nH]c(CN5CCOC5)cc34)cc2)CC1. The Hall–Kier alpha value is -2.25. The van der Waals surface area contributed by atoms with Gasteiger partial charge in [-0.25, -0.2) is 0 Å². The van der Waals surface area contributed by atoms with Crippen molar-refractivity contribution in [2.24, 2.45) is 0 Å². The van der Waals surface area contributed by atoms with E-state index in [1.165, 1.54) is 35.3 Å². The molecule has 164 valence electrons. The molecule has 0 aliphatic carbocycles. The molecule has 0 unspecified atom stereocenters. The zero-order chi connectivity index (χ0) is 21.2. The lowest BCUT2D eigenvalue weighted by Crippen LogP contribution is -2.48. The van der Waals surface area contributed by atoms with Crippen molar-refractivity contribution in [1.29, 1.82) is 0 Å². The molecule has 0 radical (unpaired) electrons. The number of nitrogens with one attached hydrogen (secondary N) is 1. The van der Waals surface area contributed by atoms with Crippen molar-refractivity contribution in [2.45, 2.75) is 33.0 Å². The average Bonchev–Trinajstić information content (AvgIpc) is 3.44. The number of benzene rings is 1. The van der Waals surface area contributed by atoms with Gasteiger partial charge in [-0.05, 0) is 31.5 Å². The number of aromatic amines is 1. The fraction of sp³-hybridized carbons (Fsp3) is 0.480. The topological polar surface area (TPSA) is 47.6 Å². The number of fused-ring (bicyclic) bond motifs is 1. The Labute approximate surface area is 184 Å². The predicted molar refractivity (Wildman–Crippen MR) is 125 cm³/mol. The molecule has 2 aromatic heterocycles. The highest BCUT2D eigenvalue weighted by atomic mass is 16.5. The van der Waals surface area contributed by atoms with E-state index in [2.05, 4.69) is 69.9 Å². The molecule has 0 spiro atoms. The van der Waals surface area contributed by atoms with E-state index in [0.29, 0.717) is 12.8 Å². The van der Waals surface area contributed by atoms with Crippen molar-refractivity contribution >= 4 is 10.9 Å². The Bertz CT molecular complexity index is 998. The van der Waals surface area contributed by atoms with Gasteiger partial charge in [0.15, 0.2) is 0 Å². The molecule has 6 nitrogen and oxygen atoms in total. The van der Waals surface area contributed by atoms with Crippen LogP contribution in [-0.2, 0) is 17.8 Å². The van der Waals surface area contributed by atoms with E-state index in [1.54, 1.807) is 0 Å². The van der Waals surface area contributed by atoms with Crippen LogP contribution in [-0.4, -0.2) is 76.8 Å². The monoisotopic (exact) mass is 419 g/mol. The summed E-state index contributed by atoms with van der Waals surface area (Å²) in [6, 6.07) is 13.9. The highest BCUT2D eigenvalue weighted by Gasteiger charge is 2.19. The molecule has 6 heteroatoms. The molecule has 0 amide bonds. The van der Waals surface area contributed by atoms with Gasteiger partial charge >= 0.3 is 0 Å². The minimum Gasteiger partial charge on any atom is -0.365 e. The number of rotatable bonds is 6. The van der Waals surface area contributed by atoms with Crippen molar-refractivity contribution in [2.75, 3.05) is 46.1 Å². The van der Waals surface area contributed by atoms with Gasteiger partial charge in [0.1, 0.15) is 0 Å². The van der Waals surface area contributed by atoms with Crippen LogP contribution < -0.4 is 0 Å². The first-order valence-electron chi connectivity index (χ1n) is 11.5. The Morgan fingerprint density at radius 3 is 2.48 bits per heavy atom. The Morgan fingerprint density at radius 2 is 1.77 bits per heavy atom. The number of aromatic nitrogens is 2. The van der Waals surface area contributed by atoms with E-state index < -0.39 is 0 Å². The lowest BCUT2D eigenvalue weighted by molar-refractivity contribution is 0.104. The summed E-state index contributed by atoms with van der Waals surface area (Å²) in [6.07, 6.45) is 1.90. The highest BCUT2D eigenvalue weighted by Crippen LogP contribution is 2.28. The van der Waals surface area contributed by atoms with E-state index in [1.807, 2.05) is 6.20 Å². The smallest absolute Gasteiger partial charge is 0.0995 e. The van der Waals surface area contributed by atoms with Gasteiger partial charge in [0.05, 0.1) is 19.0 Å². The van der Waals surface area contributed by atoms with Gasteiger partial charge in [-0.1, -0.05) is 24.3 Å². The molecular formula is C25H33N5O. The van der Waals surface area contributed by atoms with Crippen LogP contribution in [0.2, 0.25) is 0 Å². The molecule has 3 aromatic rings. The van der Waals surface area contributed by atoms with Crippen LogP contribution in [0.15, 0.2) is 42.6 Å². The van der Waals surface area contributed by atoms with Crippen LogP contribution in [0.25, 0.3) is 22.2 Å². The van der Waals surface area contributed by atoms with Crippen molar-refractivity contribution < 1.29 is 4.74 Å². The van der Waals surface area contributed by atoms with Crippen LogP contribution in [0, 0.1) is 0 Å². The highest BCUT2D eigenvalue weighted by molar-refractivity contribution is 5.93. The second kappa shape index (κ2) is 9.09. The molecule has 1 aromatic carbocycles. The quantitative estimate of drug-likeness (QED) is 0.662. The average molecular weight is 420 g/mol. The standard InChI is InChI=1S/C25H33N5O/c1-19(2)30-11-9-28(10-12-30)16-20-3-5-21(6-4-20)25-23-15-22(17-29-13-14-31-18-29)27-24(23)7-8-26-25/h3-8,15,19,27H,9-14,16-18H2,1-2H3. The van der Waals surface area contributed by atoms with Crippen molar-refractivity contribution in [3.63, 3.8) is 0 Å². The van der Waals surface area contributed by atoms with Gasteiger partial charge in [0, 0.05) is 80.2 Å². The normalized spacial score (nSPS) is 19.1. The maximum absolute atomic E-state index is 5.47. The Kier molecular flexibility index (Phi) is 6.05. The number of hydrogen-bond donors (Lipinski definition) is 1. The molecule has 2 saturated heterocycles. The molecule has 31 heavy (non-hydrogen) atoms. The summed E-state index contributed by atoms with van der Waals surface area (Å²) in [5, 5.41) is 1.19. The maximum atomic E-state index is 5.47. The van der Waals surface area contributed by atoms with Crippen LogP contribution >= 0.6 is 0 Å². The lowest BCUT2D eigenvalue weighted by atomic mass is 10.1. The first kappa shape index (κ1) is 20.6. The Balaban J connectivity index is 1.28. The fourth-order valence-corrected chi connectivity index (χ4v) is 4.71. The minimum absolute atomic E-state index is 0.647. The van der Waals surface area contributed by atoms with E-state index in [4.69, 9.17) is 9.72 Å². The molecule has 2 fully saturated rings. The first-order chi connectivity index (χ1) is 15.2. The van der Waals surface area contributed by atoms with Crippen LogP contribution in [0.5, 0.6) is 0 Å². The molecule has 2 aliphatic heterocycles. The third kappa shape index (κ3) is 4.67.